The highest BCUT2D eigenvalue weighted by atomic mass is 35.5. The summed E-state index contributed by atoms with van der Waals surface area (Å²) in [6, 6.07) is 10.3. The zero-order valence-corrected chi connectivity index (χ0v) is 18.4. The first-order chi connectivity index (χ1) is 14.3. The van der Waals surface area contributed by atoms with Gasteiger partial charge in [-0.3, -0.25) is 14.4 Å². The Hall–Kier alpha value is -2.09. The summed E-state index contributed by atoms with van der Waals surface area (Å²) in [5.74, 6) is 0.749. The van der Waals surface area contributed by atoms with Crippen LogP contribution in [0, 0.1) is 0 Å². The van der Waals surface area contributed by atoms with Crippen LogP contribution in [0.1, 0.15) is 53.8 Å². The maximum Gasteiger partial charge on any atom is 0.271 e. The van der Waals surface area contributed by atoms with Crippen LogP contribution >= 0.6 is 12.4 Å². The van der Waals surface area contributed by atoms with Crippen molar-refractivity contribution in [2.24, 2.45) is 0 Å². The highest BCUT2D eigenvalue weighted by molar-refractivity contribution is 5.92. The molecule has 0 spiro atoms. The largest absolute Gasteiger partial charge is 0.496 e. The number of methoxy groups -OCH3 is 1. The van der Waals surface area contributed by atoms with Crippen molar-refractivity contribution in [3.8, 4) is 5.75 Å². The Morgan fingerprint density at radius 3 is 2.80 bits per heavy atom. The molecule has 2 aliphatic rings. The van der Waals surface area contributed by atoms with Crippen molar-refractivity contribution in [2.75, 3.05) is 39.8 Å². The standard InChI is InChI=1S/C22H31N5O2.ClH/c1-29-21-9-3-2-8-18(21)20(26-12-4-5-13-26)16-24-22(28)19-10-14-27(25-19)17-7-6-11-23-15-17;/h2-3,8-10,14,17,20,23H,4-7,11-13,15-16H2,1H3,(H,24,28);1H. The third kappa shape index (κ3) is 5.14. The van der Waals surface area contributed by atoms with Crippen molar-refractivity contribution in [1.29, 1.82) is 0 Å². The molecule has 1 amide bonds. The molecule has 0 radical (unpaired) electrons. The van der Waals surface area contributed by atoms with Gasteiger partial charge in [0.05, 0.1) is 19.2 Å². The van der Waals surface area contributed by atoms with Crippen molar-refractivity contribution < 1.29 is 9.53 Å². The molecule has 0 aliphatic carbocycles. The number of amides is 1. The van der Waals surface area contributed by atoms with Gasteiger partial charge < -0.3 is 15.4 Å². The Morgan fingerprint density at radius 2 is 2.07 bits per heavy atom. The number of benzene rings is 1. The first-order valence-corrected chi connectivity index (χ1v) is 10.7. The molecule has 2 aromatic rings. The number of ether oxygens (including phenoxy) is 1. The number of hydrogen-bond donors (Lipinski definition) is 2. The minimum absolute atomic E-state index is 0. The number of nitrogens with one attached hydrogen (secondary N) is 2. The van der Waals surface area contributed by atoms with Gasteiger partial charge in [0.2, 0.25) is 0 Å². The van der Waals surface area contributed by atoms with E-state index in [-0.39, 0.29) is 24.4 Å². The molecule has 7 nitrogen and oxygen atoms in total. The molecule has 3 heterocycles. The Balaban J connectivity index is 0.00000256. The normalized spacial score (nSPS) is 20.4. The predicted octanol–water partition coefficient (Wildman–Crippen LogP) is 2.80. The molecular weight excluding hydrogens is 402 g/mol. The van der Waals surface area contributed by atoms with Gasteiger partial charge in [0.15, 0.2) is 0 Å². The molecule has 4 rings (SSSR count). The number of aromatic nitrogens is 2. The zero-order valence-electron chi connectivity index (χ0n) is 17.5. The molecule has 1 aromatic carbocycles. The predicted molar refractivity (Wildman–Crippen MR) is 119 cm³/mol. The Kier molecular flexibility index (Phi) is 8.13. The van der Waals surface area contributed by atoms with Crippen molar-refractivity contribution in [3.63, 3.8) is 0 Å². The van der Waals surface area contributed by atoms with Crippen molar-refractivity contribution >= 4 is 18.3 Å². The molecule has 164 valence electrons. The van der Waals surface area contributed by atoms with Crippen LogP contribution < -0.4 is 15.4 Å². The molecule has 30 heavy (non-hydrogen) atoms. The molecule has 2 unspecified atom stereocenters. The number of para-hydroxylation sites is 1. The lowest BCUT2D eigenvalue weighted by Gasteiger charge is -2.29. The lowest BCUT2D eigenvalue weighted by Crippen LogP contribution is -2.37. The van der Waals surface area contributed by atoms with Gasteiger partial charge in [-0.2, -0.15) is 5.10 Å². The van der Waals surface area contributed by atoms with E-state index in [9.17, 15) is 4.79 Å². The third-order valence-corrected chi connectivity index (χ3v) is 6.02. The zero-order chi connectivity index (χ0) is 20.1. The highest BCUT2D eigenvalue weighted by Crippen LogP contribution is 2.31. The van der Waals surface area contributed by atoms with E-state index in [0.717, 1.165) is 50.3 Å². The number of halogens is 1. The van der Waals surface area contributed by atoms with Crippen molar-refractivity contribution in [2.45, 2.75) is 37.8 Å². The van der Waals surface area contributed by atoms with Gasteiger partial charge in [-0.25, -0.2) is 0 Å². The highest BCUT2D eigenvalue weighted by Gasteiger charge is 2.27. The molecule has 2 N–H and O–H groups in total. The average Bonchev–Trinajstić information content (AvgIpc) is 3.47. The van der Waals surface area contributed by atoms with Gasteiger partial charge in [0.1, 0.15) is 11.4 Å². The lowest BCUT2D eigenvalue weighted by atomic mass is 10.0. The van der Waals surface area contributed by atoms with Gasteiger partial charge in [0.25, 0.3) is 5.91 Å². The van der Waals surface area contributed by atoms with E-state index in [2.05, 4.69) is 26.7 Å². The second-order valence-corrected chi connectivity index (χ2v) is 7.89. The molecule has 0 bridgehead atoms. The van der Waals surface area contributed by atoms with Gasteiger partial charge in [-0.15, -0.1) is 12.4 Å². The molecule has 0 saturated carbocycles. The Morgan fingerprint density at radius 1 is 1.27 bits per heavy atom. The number of carbonyl (C=O) groups is 1. The smallest absolute Gasteiger partial charge is 0.271 e. The quantitative estimate of drug-likeness (QED) is 0.702. The van der Waals surface area contributed by atoms with E-state index in [0.29, 0.717) is 18.3 Å². The van der Waals surface area contributed by atoms with Crippen molar-refractivity contribution in [3.05, 3.63) is 47.8 Å². The summed E-state index contributed by atoms with van der Waals surface area (Å²) < 4.78 is 7.52. The molecule has 2 saturated heterocycles. The monoisotopic (exact) mass is 433 g/mol. The second kappa shape index (κ2) is 10.8. The summed E-state index contributed by atoms with van der Waals surface area (Å²) in [6.07, 6.45) is 6.55. The van der Waals surface area contributed by atoms with Crippen LogP contribution in [-0.4, -0.2) is 60.4 Å². The van der Waals surface area contributed by atoms with E-state index in [1.54, 1.807) is 7.11 Å². The van der Waals surface area contributed by atoms with Gasteiger partial charge in [-0.1, -0.05) is 18.2 Å². The van der Waals surface area contributed by atoms with Gasteiger partial charge in [0, 0.05) is 24.8 Å². The number of nitrogens with zero attached hydrogens (tertiary/aromatic N) is 3. The summed E-state index contributed by atoms with van der Waals surface area (Å²) in [7, 11) is 1.70. The van der Waals surface area contributed by atoms with Gasteiger partial charge >= 0.3 is 0 Å². The molecule has 2 aliphatic heterocycles. The van der Waals surface area contributed by atoms with E-state index in [1.165, 1.54) is 12.8 Å². The maximum atomic E-state index is 12.8. The average molecular weight is 434 g/mol. The van der Waals surface area contributed by atoms with E-state index in [4.69, 9.17) is 4.74 Å². The SMILES string of the molecule is COc1ccccc1C(CNC(=O)c1ccn(C2CCCNC2)n1)N1CCCC1.Cl. The number of hydrogen-bond acceptors (Lipinski definition) is 5. The number of piperidine rings is 1. The van der Waals surface area contributed by atoms with E-state index < -0.39 is 0 Å². The summed E-state index contributed by atoms with van der Waals surface area (Å²) in [4.78, 5) is 15.2. The van der Waals surface area contributed by atoms with Crippen LogP contribution in [0.5, 0.6) is 5.75 Å². The maximum absolute atomic E-state index is 12.8. The Bertz CT molecular complexity index is 815. The number of rotatable bonds is 7. The fourth-order valence-electron chi connectivity index (χ4n) is 4.43. The first kappa shape index (κ1) is 22.6. The topological polar surface area (TPSA) is 71.4 Å². The van der Waals surface area contributed by atoms with Gasteiger partial charge in [-0.05, 0) is 57.5 Å². The fraction of sp³-hybridized carbons (Fsp3) is 0.545. The molecule has 8 heteroatoms. The van der Waals surface area contributed by atoms with E-state index in [1.807, 2.05) is 35.1 Å². The lowest BCUT2D eigenvalue weighted by molar-refractivity contribution is 0.0931. The number of likely N-dealkylation sites (tertiary alicyclic amines) is 1. The van der Waals surface area contributed by atoms with Crippen LogP contribution in [0.25, 0.3) is 0 Å². The van der Waals surface area contributed by atoms with Crippen molar-refractivity contribution in [1.82, 2.24) is 25.3 Å². The van der Waals surface area contributed by atoms with E-state index >= 15 is 0 Å². The fourth-order valence-corrected chi connectivity index (χ4v) is 4.43. The van der Waals surface area contributed by atoms with Crippen LogP contribution in [0.4, 0.5) is 0 Å². The number of carbonyl (C=O) groups excluding carboxylic acids is 1. The second-order valence-electron chi connectivity index (χ2n) is 7.89. The third-order valence-electron chi connectivity index (χ3n) is 6.02. The molecular formula is C22H32ClN5O2. The first-order valence-electron chi connectivity index (χ1n) is 10.7. The molecule has 1 aromatic heterocycles. The summed E-state index contributed by atoms with van der Waals surface area (Å²) in [5.41, 5.74) is 1.60. The Labute approximate surface area is 184 Å². The molecule has 2 fully saturated rings. The summed E-state index contributed by atoms with van der Waals surface area (Å²) in [6.45, 7) is 4.60. The summed E-state index contributed by atoms with van der Waals surface area (Å²) in [5, 5.41) is 11.0. The van der Waals surface area contributed by atoms with Crippen LogP contribution in [-0.2, 0) is 0 Å². The van der Waals surface area contributed by atoms with Crippen LogP contribution in [0.3, 0.4) is 0 Å². The minimum Gasteiger partial charge on any atom is -0.496 e. The van der Waals surface area contributed by atoms with Crippen LogP contribution in [0.15, 0.2) is 36.5 Å². The minimum atomic E-state index is -0.119. The van der Waals surface area contributed by atoms with Crippen LogP contribution in [0.2, 0.25) is 0 Å². The molecule has 2 atom stereocenters. The summed E-state index contributed by atoms with van der Waals surface area (Å²) >= 11 is 0.